The maximum atomic E-state index is 12.2. The van der Waals surface area contributed by atoms with Crippen LogP contribution in [0.1, 0.15) is 55.9 Å². The molecule has 0 bridgehead atoms. The molecule has 1 aromatic heterocycles. The van der Waals surface area contributed by atoms with Crippen molar-refractivity contribution in [1.82, 2.24) is 9.78 Å². The SMILES string of the molecule is CCCn1nccc1C(=O)CSC1CCCCC1. The molecule has 2 rings (SSSR count). The summed E-state index contributed by atoms with van der Waals surface area (Å²) < 4.78 is 1.84. The highest BCUT2D eigenvalue weighted by Crippen LogP contribution is 2.28. The van der Waals surface area contributed by atoms with E-state index >= 15 is 0 Å². The number of ketones is 1. The largest absolute Gasteiger partial charge is 0.292 e. The zero-order chi connectivity index (χ0) is 12.8. The summed E-state index contributed by atoms with van der Waals surface area (Å²) in [5.41, 5.74) is 0.778. The molecule has 1 aliphatic rings. The van der Waals surface area contributed by atoms with Crippen LogP contribution in [0.2, 0.25) is 0 Å². The Kier molecular flexibility index (Phi) is 5.29. The molecule has 0 spiro atoms. The molecule has 0 unspecified atom stereocenters. The van der Waals surface area contributed by atoms with Gasteiger partial charge >= 0.3 is 0 Å². The molecular formula is C14H22N2OS. The lowest BCUT2D eigenvalue weighted by Crippen LogP contribution is -2.15. The Balaban J connectivity index is 1.84. The summed E-state index contributed by atoms with van der Waals surface area (Å²) in [6.45, 7) is 2.94. The number of aromatic nitrogens is 2. The molecule has 0 atom stereocenters. The van der Waals surface area contributed by atoms with Crippen molar-refractivity contribution >= 4 is 17.5 Å². The van der Waals surface area contributed by atoms with E-state index in [0.717, 1.165) is 18.7 Å². The zero-order valence-electron chi connectivity index (χ0n) is 11.1. The minimum atomic E-state index is 0.233. The van der Waals surface area contributed by atoms with Gasteiger partial charge < -0.3 is 0 Å². The van der Waals surface area contributed by atoms with Crippen molar-refractivity contribution in [2.24, 2.45) is 0 Å². The first-order valence-electron chi connectivity index (χ1n) is 6.98. The molecule has 0 aliphatic heterocycles. The fourth-order valence-corrected chi connectivity index (χ4v) is 3.66. The van der Waals surface area contributed by atoms with Gasteiger partial charge in [-0.1, -0.05) is 26.2 Å². The molecule has 1 fully saturated rings. The van der Waals surface area contributed by atoms with Crippen LogP contribution in [-0.2, 0) is 6.54 Å². The van der Waals surface area contributed by atoms with Crippen LogP contribution in [0.15, 0.2) is 12.3 Å². The van der Waals surface area contributed by atoms with Gasteiger partial charge in [0.15, 0.2) is 5.78 Å². The highest BCUT2D eigenvalue weighted by Gasteiger charge is 2.17. The summed E-state index contributed by atoms with van der Waals surface area (Å²) in [7, 11) is 0. The number of thioether (sulfide) groups is 1. The third kappa shape index (κ3) is 3.61. The van der Waals surface area contributed by atoms with Gasteiger partial charge in [0.2, 0.25) is 0 Å². The van der Waals surface area contributed by atoms with Crippen LogP contribution < -0.4 is 0 Å². The second-order valence-electron chi connectivity index (χ2n) is 4.93. The topological polar surface area (TPSA) is 34.9 Å². The average molecular weight is 266 g/mol. The van der Waals surface area contributed by atoms with E-state index in [1.165, 1.54) is 32.1 Å². The maximum absolute atomic E-state index is 12.2. The van der Waals surface area contributed by atoms with Crippen molar-refractivity contribution in [3.8, 4) is 0 Å². The minimum absolute atomic E-state index is 0.233. The third-order valence-electron chi connectivity index (χ3n) is 3.44. The van der Waals surface area contributed by atoms with Crippen molar-refractivity contribution < 1.29 is 4.79 Å². The molecule has 1 aliphatic carbocycles. The van der Waals surface area contributed by atoms with Gasteiger partial charge in [-0.25, -0.2) is 0 Å². The van der Waals surface area contributed by atoms with Crippen LogP contribution in [0.3, 0.4) is 0 Å². The second kappa shape index (κ2) is 6.98. The number of rotatable bonds is 6. The molecule has 1 saturated carbocycles. The van der Waals surface area contributed by atoms with Crippen LogP contribution in [0.25, 0.3) is 0 Å². The molecule has 4 heteroatoms. The first-order chi connectivity index (χ1) is 8.81. The highest BCUT2D eigenvalue weighted by atomic mass is 32.2. The van der Waals surface area contributed by atoms with E-state index in [-0.39, 0.29) is 5.78 Å². The minimum Gasteiger partial charge on any atom is -0.292 e. The number of aryl methyl sites for hydroxylation is 1. The summed E-state index contributed by atoms with van der Waals surface area (Å²) in [5.74, 6) is 0.844. The number of carbonyl (C=O) groups excluding carboxylic acids is 1. The Hall–Kier alpha value is -0.770. The summed E-state index contributed by atoms with van der Waals surface area (Å²) in [4.78, 5) is 12.2. The molecule has 100 valence electrons. The van der Waals surface area contributed by atoms with Crippen molar-refractivity contribution in [1.29, 1.82) is 0 Å². The van der Waals surface area contributed by atoms with E-state index in [9.17, 15) is 4.79 Å². The van der Waals surface area contributed by atoms with Gasteiger partial charge in [0.05, 0.1) is 5.75 Å². The lowest BCUT2D eigenvalue weighted by molar-refractivity contribution is 0.101. The molecule has 0 aromatic carbocycles. The molecule has 0 radical (unpaired) electrons. The van der Waals surface area contributed by atoms with E-state index in [1.807, 2.05) is 22.5 Å². The normalized spacial score (nSPS) is 16.9. The lowest BCUT2D eigenvalue weighted by atomic mass is 10.0. The summed E-state index contributed by atoms with van der Waals surface area (Å²) >= 11 is 1.84. The summed E-state index contributed by atoms with van der Waals surface area (Å²) in [6, 6.07) is 1.85. The molecule has 0 saturated heterocycles. The third-order valence-corrected chi connectivity index (χ3v) is 4.81. The maximum Gasteiger partial charge on any atom is 0.190 e. The first-order valence-corrected chi connectivity index (χ1v) is 8.02. The van der Waals surface area contributed by atoms with E-state index in [0.29, 0.717) is 11.0 Å². The van der Waals surface area contributed by atoms with Crippen molar-refractivity contribution in [2.45, 2.75) is 57.2 Å². The fraction of sp³-hybridized carbons (Fsp3) is 0.714. The number of hydrogen-bond acceptors (Lipinski definition) is 3. The predicted octanol–water partition coefficient (Wildman–Crippen LogP) is 3.54. The van der Waals surface area contributed by atoms with Gasteiger partial charge in [-0.05, 0) is 25.3 Å². The summed E-state index contributed by atoms with van der Waals surface area (Å²) in [6.07, 6.45) is 9.34. The zero-order valence-corrected chi connectivity index (χ0v) is 11.9. The molecule has 1 heterocycles. The Morgan fingerprint density at radius 1 is 1.44 bits per heavy atom. The van der Waals surface area contributed by atoms with Gasteiger partial charge in [-0.2, -0.15) is 16.9 Å². The molecule has 3 nitrogen and oxygen atoms in total. The predicted molar refractivity (Wildman–Crippen MR) is 76.2 cm³/mol. The first kappa shape index (κ1) is 13.7. The molecule has 1 aromatic rings. The van der Waals surface area contributed by atoms with Crippen molar-refractivity contribution in [2.75, 3.05) is 5.75 Å². The molecule has 18 heavy (non-hydrogen) atoms. The molecule has 0 amide bonds. The Morgan fingerprint density at radius 3 is 2.94 bits per heavy atom. The van der Waals surface area contributed by atoms with Crippen LogP contribution in [0, 0.1) is 0 Å². The van der Waals surface area contributed by atoms with Crippen molar-refractivity contribution in [3.63, 3.8) is 0 Å². The van der Waals surface area contributed by atoms with E-state index in [4.69, 9.17) is 0 Å². The van der Waals surface area contributed by atoms with E-state index < -0.39 is 0 Å². The lowest BCUT2D eigenvalue weighted by Gasteiger charge is -2.20. The monoisotopic (exact) mass is 266 g/mol. The molecular weight excluding hydrogens is 244 g/mol. The van der Waals surface area contributed by atoms with E-state index in [1.54, 1.807) is 6.20 Å². The number of carbonyl (C=O) groups is 1. The molecule has 0 N–H and O–H groups in total. The summed E-state index contributed by atoms with van der Waals surface area (Å²) in [5, 5.41) is 4.91. The van der Waals surface area contributed by atoms with Gasteiger partial charge in [-0.3, -0.25) is 9.48 Å². The van der Waals surface area contributed by atoms with Gasteiger partial charge in [0, 0.05) is 18.0 Å². The smallest absolute Gasteiger partial charge is 0.190 e. The van der Waals surface area contributed by atoms with Crippen LogP contribution in [-0.4, -0.2) is 26.6 Å². The Labute approximate surface area is 113 Å². The standard InChI is InChI=1S/C14H22N2OS/c1-2-10-16-13(8-9-15-16)14(17)11-18-12-6-4-3-5-7-12/h8-9,12H,2-7,10-11H2,1H3. The fourth-order valence-electron chi connectivity index (χ4n) is 2.46. The quantitative estimate of drug-likeness (QED) is 0.739. The average Bonchev–Trinajstić information content (AvgIpc) is 2.86. The Morgan fingerprint density at radius 2 is 2.22 bits per heavy atom. The number of nitrogens with zero attached hydrogens (tertiary/aromatic N) is 2. The van der Waals surface area contributed by atoms with Gasteiger partial charge in [0.25, 0.3) is 0 Å². The number of Topliss-reactive ketones (excluding diaryl/α,β-unsaturated/α-hetero) is 1. The van der Waals surface area contributed by atoms with E-state index in [2.05, 4.69) is 12.0 Å². The second-order valence-corrected chi connectivity index (χ2v) is 6.22. The van der Waals surface area contributed by atoms with Crippen LogP contribution in [0.5, 0.6) is 0 Å². The van der Waals surface area contributed by atoms with Gasteiger partial charge in [-0.15, -0.1) is 0 Å². The Bertz CT molecular complexity index is 383. The number of hydrogen-bond donors (Lipinski definition) is 0. The highest BCUT2D eigenvalue weighted by molar-refractivity contribution is 8.00. The van der Waals surface area contributed by atoms with Crippen molar-refractivity contribution in [3.05, 3.63) is 18.0 Å². The van der Waals surface area contributed by atoms with Gasteiger partial charge in [0.1, 0.15) is 5.69 Å². The van der Waals surface area contributed by atoms with Crippen LogP contribution >= 0.6 is 11.8 Å². The van der Waals surface area contributed by atoms with Crippen LogP contribution in [0.4, 0.5) is 0 Å².